The van der Waals surface area contributed by atoms with Crippen LogP contribution in [-0.4, -0.2) is 263 Å². The number of allylic oxidation sites excluding steroid dienone is 1. The van der Waals surface area contributed by atoms with Crippen LogP contribution in [0, 0.1) is 0 Å². The van der Waals surface area contributed by atoms with E-state index in [0.29, 0.717) is 6.42 Å². The molecule has 4 aliphatic heterocycles. The van der Waals surface area contributed by atoms with Crippen LogP contribution in [0.2, 0.25) is 0 Å². The third-order valence-corrected chi connectivity index (χ3v) is 14.2. The summed E-state index contributed by atoms with van der Waals surface area (Å²) in [5.41, 5.74) is 6.17. The van der Waals surface area contributed by atoms with Gasteiger partial charge in [-0.05, 0) is 12.8 Å². The lowest BCUT2D eigenvalue weighted by molar-refractivity contribution is -0.400. The molecule has 23 atom stereocenters. The van der Waals surface area contributed by atoms with Crippen molar-refractivity contribution in [3.63, 3.8) is 0 Å². The SMILES string of the molecule is CCCCCCCCCCCCC/C=C/[C@@H](O)[C@@H](N)CO[C@@H]1O[C@H](CO)[C@@H](O[C@@H]2O[C@H](CO)[C@H](O[C@@H]3O[C@H](CO)[C@H](O)[C@H](O)[C@H]3NC(C)=O)[C@H](O[C@]3(C(=O)O)C[C@H](O)[C@@H](NC(C)=O)[C@H]([C@H](O)[C@H](O)CO)O3)[C@H]2O)[C@H](O)[C@H]1O. The van der Waals surface area contributed by atoms with Crippen LogP contribution in [0.25, 0.3) is 0 Å². The Morgan fingerprint density at radius 3 is 1.75 bits per heavy atom. The molecule has 0 aromatic heterocycles. The molecule has 4 rings (SSSR count). The Morgan fingerprint density at radius 1 is 0.662 bits per heavy atom. The summed E-state index contributed by atoms with van der Waals surface area (Å²) in [4.78, 5) is 37.9. The molecule has 77 heavy (non-hydrogen) atoms. The number of aliphatic hydroxyl groups is 13. The first-order valence-corrected chi connectivity index (χ1v) is 26.6. The number of ether oxygens (including phenoxy) is 8. The number of carbonyl (C=O) groups is 3. The molecule has 0 radical (unpaired) electrons. The summed E-state index contributed by atoms with van der Waals surface area (Å²) in [5.74, 6) is -6.96. The van der Waals surface area contributed by atoms with Crippen LogP contribution in [0.3, 0.4) is 0 Å². The lowest BCUT2D eigenvalue weighted by Gasteiger charge is -2.52. The first-order valence-electron chi connectivity index (χ1n) is 26.6. The fourth-order valence-electron chi connectivity index (χ4n) is 9.78. The molecule has 0 bridgehead atoms. The maximum Gasteiger partial charge on any atom is 0.364 e. The van der Waals surface area contributed by atoms with Crippen LogP contribution in [0.1, 0.15) is 104 Å². The Hall–Kier alpha value is -2.73. The van der Waals surface area contributed by atoms with Gasteiger partial charge < -0.3 is 126 Å². The number of amides is 2. The predicted octanol–water partition coefficient (Wildman–Crippen LogP) is -5.29. The van der Waals surface area contributed by atoms with Crippen molar-refractivity contribution in [1.29, 1.82) is 0 Å². The highest BCUT2D eigenvalue weighted by Gasteiger charge is 2.61. The fraction of sp³-hybridized carbons (Fsp3) is 0.898. The van der Waals surface area contributed by atoms with Crippen molar-refractivity contribution in [2.24, 2.45) is 5.73 Å². The van der Waals surface area contributed by atoms with Crippen molar-refractivity contribution >= 4 is 17.8 Å². The minimum atomic E-state index is -3.25. The second-order valence-corrected chi connectivity index (χ2v) is 20.3. The molecule has 0 saturated carbocycles. The molecule has 0 aromatic rings. The highest BCUT2D eigenvalue weighted by molar-refractivity contribution is 5.76. The van der Waals surface area contributed by atoms with Gasteiger partial charge in [-0.2, -0.15) is 0 Å². The van der Waals surface area contributed by atoms with E-state index in [2.05, 4.69) is 17.6 Å². The zero-order valence-electron chi connectivity index (χ0n) is 43.9. The van der Waals surface area contributed by atoms with Crippen molar-refractivity contribution in [2.45, 2.75) is 245 Å². The molecule has 0 spiro atoms. The first-order chi connectivity index (χ1) is 36.6. The summed E-state index contributed by atoms with van der Waals surface area (Å²) in [6.45, 7) is -0.373. The number of carboxylic acids is 1. The monoisotopic (exact) mass is 1120 g/mol. The number of nitrogens with two attached hydrogens (primary N) is 1. The highest BCUT2D eigenvalue weighted by Crippen LogP contribution is 2.40. The molecule has 28 heteroatoms. The van der Waals surface area contributed by atoms with E-state index in [1.54, 1.807) is 0 Å². The van der Waals surface area contributed by atoms with Gasteiger partial charge in [-0.15, -0.1) is 0 Å². The maximum atomic E-state index is 13.4. The number of nitrogens with one attached hydrogen (secondary N) is 2. The molecule has 448 valence electrons. The van der Waals surface area contributed by atoms with Gasteiger partial charge in [-0.1, -0.05) is 83.3 Å². The van der Waals surface area contributed by atoms with Crippen molar-refractivity contribution in [3.05, 3.63) is 12.2 Å². The van der Waals surface area contributed by atoms with Gasteiger partial charge in [-0.25, -0.2) is 4.79 Å². The minimum Gasteiger partial charge on any atom is -0.477 e. The molecule has 4 saturated heterocycles. The number of aliphatic hydroxyl groups excluding tert-OH is 13. The Bertz CT molecular complexity index is 1780. The number of hydrogen-bond acceptors (Lipinski definition) is 25. The van der Waals surface area contributed by atoms with Crippen LogP contribution < -0.4 is 16.4 Å². The Labute approximate surface area is 446 Å². The highest BCUT2D eigenvalue weighted by atomic mass is 16.8. The van der Waals surface area contributed by atoms with Gasteiger partial charge >= 0.3 is 5.97 Å². The third-order valence-electron chi connectivity index (χ3n) is 14.2. The Balaban J connectivity index is 1.56. The Morgan fingerprint density at radius 2 is 1.19 bits per heavy atom. The van der Waals surface area contributed by atoms with Crippen LogP contribution >= 0.6 is 0 Å². The van der Waals surface area contributed by atoms with Crippen molar-refractivity contribution in [1.82, 2.24) is 10.6 Å². The predicted molar refractivity (Wildman–Crippen MR) is 262 cm³/mol. The summed E-state index contributed by atoms with van der Waals surface area (Å²) in [5, 5.41) is 157. The van der Waals surface area contributed by atoms with Crippen molar-refractivity contribution in [3.8, 4) is 0 Å². The zero-order valence-corrected chi connectivity index (χ0v) is 43.9. The normalized spacial score (nSPS) is 37.5. The van der Waals surface area contributed by atoms with Gasteiger partial charge in [0.15, 0.2) is 18.9 Å². The van der Waals surface area contributed by atoms with Crippen molar-refractivity contribution < 1.29 is 124 Å². The quantitative estimate of drug-likeness (QED) is 0.0221. The second kappa shape index (κ2) is 32.6. The van der Waals surface area contributed by atoms with Gasteiger partial charge in [-0.3, -0.25) is 9.59 Å². The molecule has 2 amide bonds. The standard InChI is InChI=1S/C49H87N3O25/c1-4-5-6-7-8-9-10-11-12-13-14-15-16-17-27(59)26(50)23-70-46-39(66)38(65)41(31(21-55)72-46)74-47-40(67)44(42(32(22-56)73-47)75-45-34(52-25(3)58)37(64)36(63)30(20-54)71-45)77-49(48(68)69)18-28(60)33(51-24(2)57)43(76-49)35(62)29(61)19-53/h16-17,26-47,53-56,59-67H,4-15,18-23,50H2,1-3H3,(H,51,57)(H,52,58)(H,68,69)/b17-16+/t26-,27+,28-,29+,30+,31+,32+,33+,34+,35+,36-,37+,38+,39+,40+,41+,42-,43+,44+,45-,46+,47-,49-/m0/s1. The summed E-state index contributed by atoms with van der Waals surface area (Å²) in [6.07, 6.45) is -21.1. The molecule has 0 unspecified atom stereocenters. The van der Waals surface area contributed by atoms with E-state index in [1.807, 2.05) is 6.08 Å². The van der Waals surface area contributed by atoms with E-state index < -0.39 is 198 Å². The van der Waals surface area contributed by atoms with E-state index >= 15 is 0 Å². The molecule has 4 aliphatic rings. The summed E-state index contributed by atoms with van der Waals surface area (Å²) >= 11 is 0. The maximum absolute atomic E-state index is 13.4. The second-order valence-electron chi connectivity index (χ2n) is 20.3. The minimum absolute atomic E-state index is 0.419. The molecule has 4 heterocycles. The van der Waals surface area contributed by atoms with Gasteiger partial charge in [0.1, 0.15) is 91.5 Å². The first kappa shape index (κ1) is 66.8. The third kappa shape index (κ3) is 18.4. The van der Waals surface area contributed by atoms with Crippen LogP contribution in [0.4, 0.5) is 0 Å². The number of rotatable bonds is 32. The molecule has 4 fully saturated rings. The van der Waals surface area contributed by atoms with E-state index in [-0.39, 0.29) is 0 Å². The van der Waals surface area contributed by atoms with Gasteiger partial charge in [0.25, 0.3) is 5.79 Å². The molecule has 0 aliphatic carbocycles. The van der Waals surface area contributed by atoms with Crippen molar-refractivity contribution in [2.75, 3.05) is 33.0 Å². The van der Waals surface area contributed by atoms with E-state index in [9.17, 15) is 85.9 Å². The number of aliphatic carboxylic acids is 1. The number of carboxylic acid groups (broad SMARTS) is 1. The van der Waals surface area contributed by atoms with Crippen LogP contribution in [0.5, 0.6) is 0 Å². The lowest BCUT2D eigenvalue weighted by Crippen LogP contribution is -2.72. The number of unbranched alkanes of at least 4 members (excludes halogenated alkanes) is 11. The lowest BCUT2D eigenvalue weighted by atomic mass is 9.88. The smallest absolute Gasteiger partial charge is 0.364 e. The van der Waals surface area contributed by atoms with E-state index in [1.165, 1.54) is 57.4 Å². The van der Waals surface area contributed by atoms with Gasteiger partial charge in [0, 0.05) is 20.3 Å². The van der Waals surface area contributed by atoms with Gasteiger partial charge in [0.2, 0.25) is 11.8 Å². The van der Waals surface area contributed by atoms with Crippen LogP contribution in [0.15, 0.2) is 12.2 Å². The van der Waals surface area contributed by atoms with E-state index in [0.717, 1.165) is 33.1 Å². The molecular weight excluding hydrogens is 1030 g/mol. The number of hydrogen-bond donors (Lipinski definition) is 17. The topological polar surface area (TPSA) is 458 Å². The van der Waals surface area contributed by atoms with Crippen LogP contribution in [-0.2, 0) is 52.3 Å². The molecular formula is C49H87N3O25. The average Bonchev–Trinajstić information content (AvgIpc) is 3.40. The summed E-state index contributed by atoms with van der Waals surface area (Å²) < 4.78 is 46.8. The molecule has 0 aromatic carbocycles. The zero-order chi connectivity index (χ0) is 57.1. The van der Waals surface area contributed by atoms with Gasteiger partial charge in [0.05, 0.1) is 57.3 Å². The summed E-state index contributed by atoms with van der Waals surface area (Å²) in [7, 11) is 0. The summed E-state index contributed by atoms with van der Waals surface area (Å²) in [6, 6.07) is -4.43. The van der Waals surface area contributed by atoms with E-state index in [4.69, 9.17) is 43.6 Å². The number of carbonyl (C=O) groups excluding carboxylic acids is 2. The average molecular weight is 1120 g/mol. The molecule has 18 N–H and O–H groups in total. The molecule has 28 nitrogen and oxygen atoms in total. The Kier molecular flexibility index (Phi) is 28.3. The largest absolute Gasteiger partial charge is 0.477 e. The fourth-order valence-corrected chi connectivity index (χ4v) is 9.78.